The molecular formula is C13H16ClN. The molecule has 0 fully saturated rings. The zero-order chi connectivity index (χ0) is 11.3. The molecule has 0 saturated heterocycles. The van der Waals surface area contributed by atoms with Crippen LogP contribution in [0.1, 0.15) is 31.9 Å². The molecule has 0 bridgehead atoms. The van der Waals surface area contributed by atoms with E-state index in [1.165, 1.54) is 5.56 Å². The molecule has 0 spiro atoms. The summed E-state index contributed by atoms with van der Waals surface area (Å²) < 4.78 is 0. The SMILES string of the molecule is C#CC(C)NC(CC)c1cccc(Cl)c1. The molecule has 0 aliphatic carbocycles. The van der Waals surface area contributed by atoms with Crippen molar-refractivity contribution >= 4 is 11.6 Å². The van der Waals surface area contributed by atoms with Gasteiger partial charge in [0.25, 0.3) is 0 Å². The lowest BCUT2D eigenvalue weighted by atomic mass is 10.0. The molecule has 0 saturated carbocycles. The average molecular weight is 222 g/mol. The van der Waals surface area contributed by atoms with Crippen LogP contribution >= 0.6 is 11.6 Å². The van der Waals surface area contributed by atoms with Crippen molar-refractivity contribution in [1.82, 2.24) is 5.32 Å². The molecule has 1 aromatic rings. The predicted octanol–water partition coefficient (Wildman–Crippen LogP) is 3.40. The normalized spacial score (nSPS) is 14.3. The van der Waals surface area contributed by atoms with Crippen molar-refractivity contribution in [2.45, 2.75) is 32.4 Å². The molecule has 1 aromatic carbocycles. The van der Waals surface area contributed by atoms with Crippen LogP contribution in [0.3, 0.4) is 0 Å². The molecule has 80 valence electrons. The Kier molecular flexibility index (Phi) is 4.68. The molecule has 2 unspecified atom stereocenters. The van der Waals surface area contributed by atoms with Gasteiger partial charge in [-0.3, -0.25) is 5.32 Å². The molecular weight excluding hydrogens is 206 g/mol. The van der Waals surface area contributed by atoms with Crippen LogP contribution in [0.4, 0.5) is 0 Å². The maximum Gasteiger partial charge on any atom is 0.0663 e. The molecule has 0 aliphatic rings. The van der Waals surface area contributed by atoms with Crippen molar-refractivity contribution < 1.29 is 0 Å². The van der Waals surface area contributed by atoms with Gasteiger partial charge in [-0.05, 0) is 31.0 Å². The maximum atomic E-state index is 5.95. The number of hydrogen-bond acceptors (Lipinski definition) is 1. The lowest BCUT2D eigenvalue weighted by Crippen LogP contribution is -2.28. The van der Waals surface area contributed by atoms with Crippen LogP contribution in [0.25, 0.3) is 0 Å². The zero-order valence-electron chi connectivity index (χ0n) is 9.13. The number of nitrogens with one attached hydrogen (secondary N) is 1. The Balaban J connectivity index is 2.79. The van der Waals surface area contributed by atoms with E-state index in [2.05, 4.69) is 24.2 Å². The fraction of sp³-hybridized carbons (Fsp3) is 0.385. The summed E-state index contributed by atoms with van der Waals surface area (Å²) in [7, 11) is 0. The summed E-state index contributed by atoms with van der Waals surface area (Å²) in [5.41, 5.74) is 1.19. The lowest BCUT2D eigenvalue weighted by Gasteiger charge is -2.19. The first kappa shape index (κ1) is 12.1. The second-order valence-electron chi connectivity index (χ2n) is 3.57. The molecule has 0 aliphatic heterocycles. The van der Waals surface area contributed by atoms with E-state index in [9.17, 15) is 0 Å². The third-order valence-corrected chi connectivity index (χ3v) is 2.60. The van der Waals surface area contributed by atoms with Gasteiger partial charge in [-0.2, -0.15) is 0 Å². The Bertz CT molecular complexity index is 354. The van der Waals surface area contributed by atoms with Crippen molar-refractivity contribution in [3.63, 3.8) is 0 Å². The van der Waals surface area contributed by atoms with Crippen molar-refractivity contribution in [2.24, 2.45) is 0 Å². The number of benzene rings is 1. The minimum absolute atomic E-state index is 0.0777. The van der Waals surface area contributed by atoms with Crippen LogP contribution in [0.5, 0.6) is 0 Å². The molecule has 1 nitrogen and oxygen atoms in total. The quantitative estimate of drug-likeness (QED) is 0.769. The highest BCUT2D eigenvalue weighted by molar-refractivity contribution is 6.30. The monoisotopic (exact) mass is 221 g/mol. The average Bonchev–Trinajstić information content (AvgIpc) is 2.25. The van der Waals surface area contributed by atoms with Crippen LogP contribution in [0.2, 0.25) is 5.02 Å². The van der Waals surface area contributed by atoms with Gasteiger partial charge in [0.2, 0.25) is 0 Å². The molecule has 2 heteroatoms. The van der Waals surface area contributed by atoms with E-state index < -0.39 is 0 Å². The number of hydrogen-bond donors (Lipinski definition) is 1. The number of terminal acetylenes is 1. The van der Waals surface area contributed by atoms with Gasteiger partial charge in [-0.1, -0.05) is 36.6 Å². The van der Waals surface area contributed by atoms with Gasteiger partial charge in [-0.15, -0.1) is 6.42 Å². The van der Waals surface area contributed by atoms with Gasteiger partial charge in [0.1, 0.15) is 0 Å². The van der Waals surface area contributed by atoms with Crippen molar-refractivity contribution in [2.75, 3.05) is 0 Å². The van der Waals surface area contributed by atoms with Crippen molar-refractivity contribution in [3.8, 4) is 12.3 Å². The van der Waals surface area contributed by atoms with Crippen LogP contribution in [-0.2, 0) is 0 Å². The Morgan fingerprint density at radius 2 is 2.27 bits per heavy atom. The minimum atomic E-state index is 0.0777. The van der Waals surface area contributed by atoms with E-state index in [0.29, 0.717) is 0 Å². The first-order chi connectivity index (χ1) is 7.17. The summed E-state index contributed by atoms with van der Waals surface area (Å²) >= 11 is 5.95. The second kappa shape index (κ2) is 5.80. The van der Waals surface area contributed by atoms with Gasteiger partial charge >= 0.3 is 0 Å². The fourth-order valence-corrected chi connectivity index (χ4v) is 1.72. The highest BCUT2D eigenvalue weighted by atomic mass is 35.5. The highest BCUT2D eigenvalue weighted by Gasteiger charge is 2.10. The Morgan fingerprint density at radius 1 is 1.53 bits per heavy atom. The molecule has 15 heavy (non-hydrogen) atoms. The highest BCUT2D eigenvalue weighted by Crippen LogP contribution is 2.20. The largest absolute Gasteiger partial charge is 0.297 e. The van der Waals surface area contributed by atoms with E-state index in [0.717, 1.165) is 11.4 Å². The van der Waals surface area contributed by atoms with Gasteiger partial charge in [-0.25, -0.2) is 0 Å². The van der Waals surface area contributed by atoms with Crippen molar-refractivity contribution in [1.29, 1.82) is 0 Å². The third kappa shape index (κ3) is 3.58. The number of rotatable bonds is 4. The maximum absolute atomic E-state index is 5.95. The molecule has 0 heterocycles. The minimum Gasteiger partial charge on any atom is -0.297 e. The summed E-state index contributed by atoms with van der Waals surface area (Å²) in [6.07, 6.45) is 6.34. The van der Waals surface area contributed by atoms with Gasteiger partial charge in [0.05, 0.1) is 6.04 Å². The Hall–Kier alpha value is -0.970. The molecule has 1 rings (SSSR count). The van der Waals surface area contributed by atoms with Gasteiger partial charge in [0, 0.05) is 11.1 Å². The van der Waals surface area contributed by atoms with Crippen LogP contribution in [-0.4, -0.2) is 6.04 Å². The van der Waals surface area contributed by atoms with E-state index in [1.54, 1.807) is 0 Å². The molecule has 1 N–H and O–H groups in total. The van der Waals surface area contributed by atoms with Gasteiger partial charge in [0.15, 0.2) is 0 Å². The van der Waals surface area contributed by atoms with Crippen LogP contribution in [0.15, 0.2) is 24.3 Å². The standard InChI is InChI=1S/C13H16ClN/c1-4-10(3)15-13(5-2)11-7-6-8-12(14)9-11/h1,6-10,13,15H,5H2,2-3H3. The summed E-state index contributed by atoms with van der Waals surface area (Å²) in [6, 6.07) is 8.23. The molecule has 0 aromatic heterocycles. The van der Waals surface area contributed by atoms with E-state index >= 15 is 0 Å². The fourth-order valence-electron chi connectivity index (χ4n) is 1.52. The van der Waals surface area contributed by atoms with E-state index in [4.69, 9.17) is 18.0 Å². The summed E-state index contributed by atoms with van der Waals surface area (Å²) in [6.45, 7) is 4.11. The molecule has 0 amide bonds. The van der Waals surface area contributed by atoms with Crippen molar-refractivity contribution in [3.05, 3.63) is 34.9 Å². The Morgan fingerprint density at radius 3 is 2.80 bits per heavy atom. The summed E-state index contributed by atoms with van der Waals surface area (Å²) in [5.74, 6) is 2.67. The van der Waals surface area contributed by atoms with E-state index in [1.807, 2.05) is 25.1 Å². The Labute approximate surface area is 96.8 Å². The van der Waals surface area contributed by atoms with Crippen LogP contribution in [0, 0.1) is 12.3 Å². The first-order valence-electron chi connectivity index (χ1n) is 5.15. The smallest absolute Gasteiger partial charge is 0.0663 e. The molecule has 2 atom stereocenters. The summed E-state index contributed by atoms with van der Waals surface area (Å²) in [4.78, 5) is 0. The first-order valence-corrected chi connectivity index (χ1v) is 5.52. The topological polar surface area (TPSA) is 12.0 Å². The second-order valence-corrected chi connectivity index (χ2v) is 4.01. The predicted molar refractivity (Wildman–Crippen MR) is 65.9 cm³/mol. The van der Waals surface area contributed by atoms with Gasteiger partial charge < -0.3 is 0 Å². The number of halogens is 1. The lowest BCUT2D eigenvalue weighted by molar-refractivity contribution is 0.497. The molecule has 0 radical (unpaired) electrons. The zero-order valence-corrected chi connectivity index (χ0v) is 9.88. The van der Waals surface area contributed by atoms with E-state index in [-0.39, 0.29) is 12.1 Å². The summed E-state index contributed by atoms with van der Waals surface area (Å²) in [5, 5.41) is 4.13. The van der Waals surface area contributed by atoms with Crippen LogP contribution < -0.4 is 5.32 Å². The third-order valence-electron chi connectivity index (χ3n) is 2.36.